The van der Waals surface area contributed by atoms with E-state index >= 15 is 0 Å². The molecule has 0 spiro atoms. The fourth-order valence-electron chi connectivity index (χ4n) is 1.21. The molecule has 0 aromatic heterocycles. The minimum atomic E-state index is -0.889. The molecule has 0 unspecified atom stereocenters. The molecule has 1 aromatic rings. The van der Waals surface area contributed by atoms with Gasteiger partial charge in [-0.25, -0.2) is 0 Å². The number of nitrogens with two attached hydrogens (primary N) is 1. The Morgan fingerprint density at radius 3 is 2.62 bits per heavy atom. The predicted octanol–water partition coefficient (Wildman–Crippen LogP) is 1.51. The molecule has 16 heavy (non-hydrogen) atoms. The summed E-state index contributed by atoms with van der Waals surface area (Å²) in [6.45, 7) is 3.80. The maximum Gasteiger partial charge on any atom is 0.243 e. The summed E-state index contributed by atoms with van der Waals surface area (Å²) in [6.07, 6.45) is 0. The Labute approximate surface area is 95.8 Å². The summed E-state index contributed by atoms with van der Waals surface area (Å²) in [5, 5.41) is 2.79. The number of hydrogen-bond donors (Lipinski definition) is 2. The molecule has 0 aliphatic rings. The molecule has 0 radical (unpaired) electrons. The van der Waals surface area contributed by atoms with Crippen molar-refractivity contribution in [2.24, 2.45) is 5.73 Å². The van der Waals surface area contributed by atoms with Crippen LogP contribution in [0.5, 0.6) is 0 Å². The van der Waals surface area contributed by atoms with Gasteiger partial charge in [0.2, 0.25) is 5.91 Å². The quantitative estimate of drug-likeness (QED) is 0.811. The lowest BCUT2D eigenvalue weighted by Gasteiger charge is -2.19. The molecule has 3 N–H and O–H groups in total. The first kappa shape index (κ1) is 12.7. The monoisotopic (exact) mass is 222 g/mol. The SMILES string of the molecule is COCc1ccccc1NC(=O)C(C)(C)N. The second-order valence-electron chi connectivity index (χ2n) is 4.27. The standard InChI is InChI=1S/C12H18N2O2/c1-12(2,13)11(15)14-10-7-5-4-6-9(10)8-16-3/h4-7H,8,13H2,1-3H3,(H,14,15). The Balaban J connectivity index is 2.84. The van der Waals surface area contributed by atoms with Gasteiger partial charge in [0.1, 0.15) is 0 Å². The number of amides is 1. The molecule has 0 saturated heterocycles. The lowest BCUT2D eigenvalue weighted by molar-refractivity contribution is -0.120. The van der Waals surface area contributed by atoms with E-state index in [-0.39, 0.29) is 5.91 Å². The number of nitrogens with one attached hydrogen (secondary N) is 1. The summed E-state index contributed by atoms with van der Waals surface area (Å²) in [7, 11) is 1.62. The molecule has 0 saturated carbocycles. The zero-order valence-electron chi connectivity index (χ0n) is 9.91. The van der Waals surface area contributed by atoms with Crippen LogP contribution in [0.3, 0.4) is 0 Å². The van der Waals surface area contributed by atoms with Crippen LogP contribution in [0.15, 0.2) is 24.3 Å². The molecule has 1 aromatic carbocycles. The van der Waals surface area contributed by atoms with Crippen molar-refractivity contribution >= 4 is 11.6 Å². The van der Waals surface area contributed by atoms with Crippen LogP contribution in [0.25, 0.3) is 0 Å². The highest BCUT2D eigenvalue weighted by atomic mass is 16.5. The van der Waals surface area contributed by atoms with Crippen LogP contribution in [-0.2, 0) is 16.1 Å². The molecule has 1 rings (SSSR count). The Morgan fingerprint density at radius 1 is 1.44 bits per heavy atom. The fourth-order valence-corrected chi connectivity index (χ4v) is 1.21. The number of ether oxygens (including phenoxy) is 1. The summed E-state index contributed by atoms with van der Waals surface area (Å²) in [5.74, 6) is -0.212. The van der Waals surface area contributed by atoms with E-state index in [1.165, 1.54) is 0 Å². The van der Waals surface area contributed by atoms with E-state index < -0.39 is 5.54 Å². The number of hydrogen-bond acceptors (Lipinski definition) is 3. The number of methoxy groups -OCH3 is 1. The third kappa shape index (κ3) is 3.32. The normalized spacial score (nSPS) is 11.2. The minimum Gasteiger partial charge on any atom is -0.380 e. The second kappa shape index (κ2) is 5.09. The lowest BCUT2D eigenvalue weighted by Crippen LogP contribution is -2.45. The number of benzene rings is 1. The smallest absolute Gasteiger partial charge is 0.243 e. The van der Waals surface area contributed by atoms with Crippen LogP contribution >= 0.6 is 0 Å². The zero-order valence-corrected chi connectivity index (χ0v) is 9.91. The van der Waals surface area contributed by atoms with Crippen LogP contribution < -0.4 is 11.1 Å². The first-order valence-corrected chi connectivity index (χ1v) is 5.12. The van der Waals surface area contributed by atoms with Gasteiger partial charge in [-0.3, -0.25) is 4.79 Å². The molecule has 88 valence electrons. The largest absolute Gasteiger partial charge is 0.380 e. The maximum absolute atomic E-state index is 11.7. The minimum absolute atomic E-state index is 0.212. The van der Waals surface area contributed by atoms with Crippen molar-refractivity contribution < 1.29 is 9.53 Å². The van der Waals surface area contributed by atoms with Crippen LogP contribution in [0.2, 0.25) is 0 Å². The van der Waals surface area contributed by atoms with Crippen molar-refractivity contribution in [1.29, 1.82) is 0 Å². The molecule has 0 heterocycles. The maximum atomic E-state index is 11.7. The Kier molecular flexibility index (Phi) is 4.04. The second-order valence-corrected chi connectivity index (χ2v) is 4.27. The first-order chi connectivity index (χ1) is 7.45. The third-order valence-corrected chi connectivity index (χ3v) is 2.15. The van der Waals surface area contributed by atoms with Crippen LogP contribution in [0, 0.1) is 0 Å². The van der Waals surface area contributed by atoms with Crippen molar-refractivity contribution in [3.63, 3.8) is 0 Å². The van der Waals surface area contributed by atoms with Crippen molar-refractivity contribution in [2.45, 2.75) is 26.0 Å². The van der Waals surface area contributed by atoms with Crippen molar-refractivity contribution in [1.82, 2.24) is 0 Å². The Hall–Kier alpha value is -1.39. The predicted molar refractivity (Wildman–Crippen MR) is 64.1 cm³/mol. The number of carbonyl (C=O) groups excluding carboxylic acids is 1. The molecule has 0 atom stereocenters. The van der Waals surface area contributed by atoms with Crippen molar-refractivity contribution in [3.8, 4) is 0 Å². The van der Waals surface area contributed by atoms with Crippen molar-refractivity contribution in [3.05, 3.63) is 29.8 Å². The summed E-state index contributed by atoms with van der Waals surface area (Å²) < 4.78 is 5.05. The number of carbonyl (C=O) groups is 1. The summed E-state index contributed by atoms with van der Waals surface area (Å²) in [6, 6.07) is 7.50. The highest BCUT2D eigenvalue weighted by molar-refractivity contribution is 5.97. The number of rotatable bonds is 4. The topological polar surface area (TPSA) is 64.3 Å². The van der Waals surface area contributed by atoms with E-state index in [0.29, 0.717) is 6.61 Å². The van der Waals surface area contributed by atoms with Gasteiger partial charge in [0.15, 0.2) is 0 Å². The molecule has 4 heteroatoms. The van der Waals surface area contributed by atoms with E-state index in [0.717, 1.165) is 11.3 Å². The average Bonchev–Trinajstić information content (AvgIpc) is 2.20. The summed E-state index contributed by atoms with van der Waals surface area (Å²) in [5.41, 5.74) is 6.50. The fraction of sp³-hybridized carbons (Fsp3) is 0.417. The van der Waals surface area contributed by atoms with Gasteiger partial charge < -0.3 is 15.8 Å². The molecule has 0 aliphatic heterocycles. The van der Waals surface area contributed by atoms with E-state index in [1.54, 1.807) is 21.0 Å². The van der Waals surface area contributed by atoms with Gasteiger partial charge in [0.05, 0.1) is 12.1 Å². The first-order valence-electron chi connectivity index (χ1n) is 5.12. The highest BCUT2D eigenvalue weighted by Crippen LogP contribution is 2.17. The van der Waals surface area contributed by atoms with E-state index in [9.17, 15) is 4.79 Å². The zero-order chi connectivity index (χ0) is 12.2. The van der Waals surface area contributed by atoms with Gasteiger partial charge >= 0.3 is 0 Å². The van der Waals surface area contributed by atoms with Crippen LogP contribution in [0.4, 0.5) is 5.69 Å². The molecule has 0 bridgehead atoms. The lowest BCUT2D eigenvalue weighted by atomic mass is 10.1. The van der Waals surface area contributed by atoms with Gasteiger partial charge in [-0.05, 0) is 19.9 Å². The third-order valence-electron chi connectivity index (χ3n) is 2.15. The summed E-state index contributed by atoms with van der Waals surface area (Å²) >= 11 is 0. The van der Waals surface area contributed by atoms with E-state index in [1.807, 2.05) is 24.3 Å². The van der Waals surface area contributed by atoms with Gasteiger partial charge in [0.25, 0.3) is 0 Å². The molecule has 4 nitrogen and oxygen atoms in total. The van der Waals surface area contributed by atoms with E-state index in [2.05, 4.69) is 5.32 Å². The average molecular weight is 222 g/mol. The van der Waals surface area contributed by atoms with Gasteiger partial charge in [0, 0.05) is 18.4 Å². The Bertz CT molecular complexity index is 370. The number of para-hydroxylation sites is 1. The highest BCUT2D eigenvalue weighted by Gasteiger charge is 2.22. The van der Waals surface area contributed by atoms with Crippen molar-refractivity contribution in [2.75, 3.05) is 12.4 Å². The van der Waals surface area contributed by atoms with Gasteiger partial charge in [-0.1, -0.05) is 18.2 Å². The van der Waals surface area contributed by atoms with Crippen LogP contribution in [0.1, 0.15) is 19.4 Å². The van der Waals surface area contributed by atoms with E-state index in [4.69, 9.17) is 10.5 Å². The van der Waals surface area contributed by atoms with Gasteiger partial charge in [-0.15, -0.1) is 0 Å². The molecular weight excluding hydrogens is 204 g/mol. The molecule has 0 fully saturated rings. The van der Waals surface area contributed by atoms with Gasteiger partial charge in [-0.2, -0.15) is 0 Å². The Morgan fingerprint density at radius 2 is 2.06 bits per heavy atom. The van der Waals surface area contributed by atoms with Crippen LogP contribution in [-0.4, -0.2) is 18.6 Å². The molecule has 0 aliphatic carbocycles. The molecular formula is C12H18N2O2. The molecule has 1 amide bonds. The number of anilines is 1. The summed E-state index contributed by atoms with van der Waals surface area (Å²) in [4.78, 5) is 11.7.